The summed E-state index contributed by atoms with van der Waals surface area (Å²) in [6, 6.07) is 16.1. The number of methoxy groups -OCH3 is 1. The summed E-state index contributed by atoms with van der Waals surface area (Å²) >= 11 is 1.52. The third-order valence-electron chi connectivity index (χ3n) is 5.72. The molecule has 6 heteroatoms. The van der Waals surface area contributed by atoms with Gasteiger partial charge in [-0.25, -0.2) is 4.98 Å². The van der Waals surface area contributed by atoms with Crippen molar-refractivity contribution < 1.29 is 4.74 Å². The Labute approximate surface area is 170 Å². The van der Waals surface area contributed by atoms with Crippen molar-refractivity contribution in [1.29, 1.82) is 0 Å². The van der Waals surface area contributed by atoms with Crippen LogP contribution in [-0.4, -0.2) is 21.6 Å². The molecule has 1 aliphatic heterocycles. The number of benzene rings is 2. The van der Waals surface area contributed by atoms with E-state index in [1.54, 1.807) is 7.11 Å². The molecule has 6 rings (SSSR count). The number of hydrogen-bond acceptors (Lipinski definition) is 4. The Morgan fingerprint density at radius 3 is 2.79 bits per heavy atom. The molecule has 3 aromatic heterocycles. The number of aromatic nitrogens is 3. The first-order valence-electron chi connectivity index (χ1n) is 9.51. The molecule has 0 fully saturated rings. The Kier molecular flexibility index (Phi) is 3.46. The highest BCUT2D eigenvalue weighted by molar-refractivity contribution is 7.17. The predicted molar refractivity (Wildman–Crippen MR) is 117 cm³/mol. The van der Waals surface area contributed by atoms with E-state index >= 15 is 0 Å². The molecule has 0 spiro atoms. The summed E-state index contributed by atoms with van der Waals surface area (Å²) in [5.74, 6) is 1.54. The van der Waals surface area contributed by atoms with Crippen molar-refractivity contribution in [3.05, 3.63) is 69.8 Å². The van der Waals surface area contributed by atoms with Crippen LogP contribution in [0, 0.1) is 0 Å². The predicted octanol–water partition coefficient (Wildman–Crippen LogP) is 4.84. The molecule has 0 bridgehead atoms. The Hall–Kier alpha value is -3.38. The fraction of sp³-hybridized carbons (Fsp3) is 0.130. The number of thiophene rings is 1. The monoisotopic (exact) mass is 399 g/mol. The van der Waals surface area contributed by atoms with Gasteiger partial charge in [-0.1, -0.05) is 30.3 Å². The first-order valence-corrected chi connectivity index (χ1v) is 10.4. The molecule has 1 aliphatic rings. The van der Waals surface area contributed by atoms with E-state index in [2.05, 4.69) is 23.2 Å². The van der Waals surface area contributed by atoms with E-state index in [0.717, 1.165) is 45.2 Å². The van der Waals surface area contributed by atoms with Gasteiger partial charge in [0.25, 0.3) is 5.56 Å². The van der Waals surface area contributed by atoms with Crippen LogP contribution in [0.15, 0.2) is 58.7 Å². The lowest BCUT2D eigenvalue weighted by atomic mass is 10.0. The van der Waals surface area contributed by atoms with Crippen LogP contribution >= 0.6 is 11.3 Å². The number of nitrogens with zero attached hydrogens (tertiary/aromatic N) is 2. The first-order chi connectivity index (χ1) is 14.2. The lowest BCUT2D eigenvalue weighted by Crippen LogP contribution is -2.27. The van der Waals surface area contributed by atoms with Gasteiger partial charge in [-0.05, 0) is 35.7 Å². The summed E-state index contributed by atoms with van der Waals surface area (Å²) in [6.45, 7) is 0.643. The van der Waals surface area contributed by atoms with Crippen LogP contribution in [0.5, 0.6) is 5.75 Å². The van der Waals surface area contributed by atoms with E-state index in [0.29, 0.717) is 11.9 Å². The van der Waals surface area contributed by atoms with Crippen molar-refractivity contribution in [3.63, 3.8) is 0 Å². The summed E-state index contributed by atoms with van der Waals surface area (Å²) in [5.41, 5.74) is 5.27. The maximum absolute atomic E-state index is 13.5. The fourth-order valence-electron chi connectivity index (χ4n) is 4.28. The highest BCUT2D eigenvalue weighted by Crippen LogP contribution is 2.36. The summed E-state index contributed by atoms with van der Waals surface area (Å²) in [5, 5.41) is 3.94. The molecule has 0 aliphatic carbocycles. The van der Waals surface area contributed by atoms with Crippen LogP contribution in [-0.2, 0) is 13.0 Å². The van der Waals surface area contributed by atoms with E-state index in [-0.39, 0.29) is 5.56 Å². The largest absolute Gasteiger partial charge is 0.497 e. The number of para-hydroxylation sites is 1. The van der Waals surface area contributed by atoms with Crippen LogP contribution in [0.4, 0.5) is 0 Å². The Morgan fingerprint density at radius 1 is 1.14 bits per heavy atom. The average molecular weight is 399 g/mol. The van der Waals surface area contributed by atoms with Crippen molar-refractivity contribution in [2.75, 3.05) is 7.11 Å². The SMILES string of the molecule is COc1ccc(-c2csc3nc4n(c(=O)c23)CCc2c-4[nH]c3ccccc23)cc1. The second kappa shape index (κ2) is 6.06. The minimum absolute atomic E-state index is 0.0291. The lowest BCUT2D eigenvalue weighted by molar-refractivity contribution is 0.415. The minimum atomic E-state index is 0.0291. The highest BCUT2D eigenvalue weighted by atomic mass is 32.1. The van der Waals surface area contributed by atoms with E-state index in [4.69, 9.17) is 9.72 Å². The van der Waals surface area contributed by atoms with E-state index in [1.165, 1.54) is 22.3 Å². The number of H-pyrrole nitrogens is 1. The Bertz CT molecular complexity index is 1460. The number of aryl methyl sites for hydroxylation is 1. The average Bonchev–Trinajstić information content (AvgIpc) is 3.36. The normalized spacial score (nSPS) is 12.9. The van der Waals surface area contributed by atoms with Gasteiger partial charge in [-0.2, -0.15) is 0 Å². The second-order valence-corrected chi connectivity index (χ2v) is 8.08. The van der Waals surface area contributed by atoms with E-state index in [1.807, 2.05) is 40.3 Å². The summed E-state index contributed by atoms with van der Waals surface area (Å²) in [6.07, 6.45) is 0.821. The van der Waals surface area contributed by atoms with Gasteiger partial charge in [0.1, 0.15) is 10.6 Å². The molecule has 29 heavy (non-hydrogen) atoms. The molecule has 0 unspecified atom stereocenters. The molecular formula is C23H17N3O2S. The standard InChI is InChI=1S/C23H17N3O2S/c1-28-14-8-6-13(7-9-14)17-12-29-22-19(17)23(27)26-11-10-16-15-4-2-3-5-18(15)24-20(16)21(26)25-22/h2-9,12,24H,10-11H2,1H3. The second-order valence-electron chi connectivity index (χ2n) is 7.22. The molecule has 0 amide bonds. The molecule has 142 valence electrons. The van der Waals surface area contributed by atoms with Crippen molar-refractivity contribution in [1.82, 2.24) is 14.5 Å². The van der Waals surface area contributed by atoms with E-state index in [9.17, 15) is 4.79 Å². The summed E-state index contributed by atoms with van der Waals surface area (Å²) in [7, 11) is 1.65. The molecule has 0 saturated heterocycles. The molecule has 0 atom stereocenters. The van der Waals surface area contributed by atoms with Crippen LogP contribution in [0.1, 0.15) is 5.56 Å². The van der Waals surface area contributed by atoms with Crippen LogP contribution in [0.3, 0.4) is 0 Å². The van der Waals surface area contributed by atoms with Crippen molar-refractivity contribution in [2.45, 2.75) is 13.0 Å². The molecule has 5 nitrogen and oxygen atoms in total. The number of ether oxygens (including phenoxy) is 1. The smallest absolute Gasteiger partial charge is 0.263 e. The first kappa shape index (κ1) is 16.6. The van der Waals surface area contributed by atoms with Crippen LogP contribution in [0.2, 0.25) is 0 Å². The third-order valence-corrected chi connectivity index (χ3v) is 6.59. The number of aromatic amines is 1. The quantitative estimate of drug-likeness (QED) is 0.462. The van der Waals surface area contributed by atoms with Gasteiger partial charge in [-0.15, -0.1) is 11.3 Å². The number of fused-ring (bicyclic) bond motifs is 6. The van der Waals surface area contributed by atoms with Gasteiger partial charge in [0.05, 0.1) is 18.2 Å². The maximum Gasteiger partial charge on any atom is 0.263 e. The zero-order valence-corrected chi connectivity index (χ0v) is 16.5. The minimum Gasteiger partial charge on any atom is -0.497 e. The molecule has 2 aromatic carbocycles. The van der Waals surface area contributed by atoms with E-state index < -0.39 is 0 Å². The summed E-state index contributed by atoms with van der Waals surface area (Å²) < 4.78 is 7.07. The molecule has 1 N–H and O–H groups in total. The number of hydrogen-bond donors (Lipinski definition) is 1. The zero-order chi connectivity index (χ0) is 19.5. The zero-order valence-electron chi connectivity index (χ0n) is 15.7. The third kappa shape index (κ3) is 2.32. The van der Waals surface area contributed by atoms with Crippen molar-refractivity contribution >= 4 is 32.5 Å². The molecule has 5 aromatic rings. The van der Waals surface area contributed by atoms with Gasteiger partial charge in [-0.3, -0.25) is 9.36 Å². The molecule has 0 saturated carbocycles. The number of rotatable bonds is 2. The lowest BCUT2D eigenvalue weighted by Gasteiger charge is -2.18. The Balaban J connectivity index is 1.59. The van der Waals surface area contributed by atoms with Crippen LogP contribution < -0.4 is 10.3 Å². The van der Waals surface area contributed by atoms with Gasteiger partial charge >= 0.3 is 0 Å². The van der Waals surface area contributed by atoms with Gasteiger partial charge < -0.3 is 9.72 Å². The molecular weight excluding hydrogens is 382 g/mol. The summed E-state index contributed by atoms with van der Waals surface area (Å²) in [4.78, 5) is 22.6. The molecule has 0 radical (unpaired) electrons. The van der Waals surface area contributed by atoms with Crippen LogP contribution in [0.25, 0.3) is 43.8 Å². The molecule has 4 heterocycles. The fourth-order valence-corrected chi connectivity index (χ4v) is 5.22. The topological polar surface area (TPSA) is 59.9 Å². The number of nitrogens with one attached hydrogen (secondary N) is 1. The van der Waals surface area contributed by atoms with Crippen molar-refractivity contribution in [2.24, 2.45) is 0 Å². The highest BCUT2D eigenvalue weighted by Gasteiger charge is 2.25. The van der Waals surface area contributed by atoms with Gasteiger partial charge in [0.2, 0.25) is 0 Å². The Morgan fingerprint density at radius 2 is 1.97 bits per heavy atom. The van der Waals surface area contributed by atoms with Gasteiger partial charge in [0.15, 0.2) is 5.82 Å². The van der Waals surface area contributed by atoms with Gasteiger partial charge in [0, 0.05) is 28.4 Å². The van der Waals surface area contributed by atoms with Crippen molar-refractivity contribution in [3.8, 4) is 28.4 Å². The maximum atomic E-state index is 13.5.